The lowest BCUT2D eigenvalue weighted by Crippen LogP contribution is -2.18. The van der Waals surface area contributed by atoms with Gasteiger partial charge in [0.15, 0.2) is 11.5 Å². The van der Waals surface area contributed by atoms with Gasteiger partial charge in [0.05, 0.1) is 14.2 Å². The largest absolute Gasteiger partial charge is 0.493 e. The number of amides is 1. The summed E-state index contributed by atoms with van der Waals surface area (Å²) in [7, 11) is 3.12. The van der Waals surface area contributed by atoms with Crippen molar-refractivity contribution in [2.45, 2.75) is 12.8 Å². The van der Waals surface area contributed by atoms with E-state index in [1.165, 1.54) is 24.2 Å². The SMILES string of the molecule is COc1ccc(NC(=O)c2csc(-c3ccc(N4CCCC4)nc3)n2)cc1OC. The summed E-state index contributed by atoms with van der Waals surface area (Å²) in [6.07, 6.45) is 4.26. The van der Waals surface area contributed by atoms with Crippen LogP contribution in [0, 0.1) is 0 Å². The van der Waals surface area contributed by atoms with E-state index in [2.05, 4.69) is 20.2 Å². The third-order valence-electron chi connectivity index (χ3n) is 4.80. The summed E-state index contributed by atoms with van der Waals surface area (Å²) in [5.74, 6) is 1.87. The standard InChI is InChI=1S/C21H22N4O3S/c1-27-17-7-6-15(11-18(17)28-2)23-20(26)16-13-29-21(24-16)14-5-8-19(22-12-14)25-9-3-4-10-25/h5-8,11-13H,3-4,9-10H2,1-2H3,(H,23,26). The molecule has 1 N–H and O–H groups in total. The van der Waals surface area contributed by atoms with Crippen molar-refractivity contribution in [3.8, 4) is 22.1 Å². The summed E-state index contributed by atoms with van der Waals surface area (Å²) in [6, 6.07) is 9.24. The van der Waals surface area contributed by atoms with Crippen molar-refractivity contribution in [2.24, 2.45) is 0 Å². The number of nitrogens with zero attached hydrogens (tertiary/aromatic N) is 3. The highest BCUT2D eigenvalue weighted by atomic mass is 32.1. The summed E-state index contributed by atoms with van der Waals surface area (Å²) < 4.78 is 10.5. The third kappa shape index (κ3) is 4.17. The van der Waals surface area contributed by atoms with Crippen molar-refractivity contribution in [1.29, 1.82) is 0 Å². The van der Waals surface area contributed by atoms with Crippen molar-refractivity contribution < 1.29 is 14.3 Å². The smallest absolute Gasteiger partial charge is 0.275 e. The Balaban J connectivity index is 1.46. The number of pyridine rings is 1. The van der Waals surface area contributed by atoms with Gasteiger partial charge >= 0.3 is 0 Å². The van der Waals surface area contributed by atoms with Crippen LogP contribution in [0.2, 0.25) is 0 Å². The number of carbonyl (C=O) groups is 1. The van der Waals surface area contributed by atoms with Crippen LogP contribution >= 0.6 is 11.3 Å². The van der Waals surface area contributed by atoms with Crippen molar-refractivity contribution >= 4 is 28.7 Å². The van der Waals surface area contributed by atoms with Crippen LogP contribution < -0.4 is 19.7 Å². The predicted molar refractivity (Wildman–Crippen MR) is 114 cm³/mol. The molecule has 3 heterocycles. The predicted octanol–water partition coefficient (Wildman–Crippen LogP) is 4.07. The number of methoxy groups -OCH3 is 2. The van der Waals surface area contributed by atoms with Crippen molar-refractivity contribution in [1.82, 2.24) is 9.97 Å². The van der Waals surface area contributed by atoms with E-state index in [0.717, 1.165) is 29.5 Å². The van der Waals surface area contributed by atoms with Crippen LogP contribution in [-0.2, 0) is 0 Å². The number of benzene rings is 1. The van der Waals surface area contributed by atoms with Gasteiger partial charge in [0.2, 0.25) is 0 Å². The second-order valence-corrected chi connectivity index (χ2v) is 7.52. The van der Waals surface area contributed by atoms with E-state index in [0.29, 0.717) is 22.9 Å². The molecule has 7 nitrogen and oxygen atoms in total. The lowest BCUT2D eigenvalue weighted by atomic mass is 10.2. The van der Waals surface area contributed by atoms with Crippen molar-refractivity contribution in [3.63, 3.8) is 0 Å². The van der Waals surface area contributed by atoms with E-state index in [-0.39, 0.29) is 5.91 Å². The molecule has 0 unspecified atom stereocenters. The number of anilines is 2. The molecule has 0 aliphatic carbocycles. The number of rotatable bonds is 6. The van der Waals surface area contributed by atoms with E-state index in [4.69, 9.17) is 9.47 Å². The molecule has 0 saturated carbocycles. The molecule has 2 aromatic heterocycles. The van der Waals surface area contributed by atoms with Crippen LogP contribution in [0.1, 0.15) is 23.3 Å². The molecule has 29 heavy (non-hydrogen) atoms. The van der Waals surface area contributed by atoms with Gasteiger partial charge in [0.1, 0.15) is 16.5 Å². The maximum atomic E-state index is 12.6. The fourth-order valence-electron chi connectivity index (χ4n) is 3.27. The normalized spacial score (nSPS) is 13.4. The second kappa shape index (κ2) is 8.48. The van der Waals surface area contributed by atoms with Gasteiger partial charge < -0.3 is 19.7 Å². The van der Waals surface area contributed by atoms with Gasteiger partial charge in [-0.2, -0.15) is 0 Å². The zero-order valence-electron chi connectivity index (χ0n) is 16.3. The first kappa shape index (κ1) is 19.2. The van der Waals surface area contributed by atoms with E-state index < -0.39 is 0 Å². The number of thiazole rings is 1. The molecule has 150 valence electrons. The first-order chi connectivity index (χ1) is 14.2. The Labute approximate surface area is 173 Å². The van der Waals surface area contributed by atoms with Crippen LogP contribution in [0.3, 0.4) is 0 Å². The lowest BCUT2D eigenvalue weighted by molar-refractivity contribution is 0.102. The fourth-order valence-corrected chi connectivity index (χ4v) is 4.06. The second-order valence-electron chi connectivity index (χ2n) is 6.66. The highest BCUT2D eigenvalue weighted by Gasteiger charge is 2.16. The molecule has 1 fully saturated rings. The Morgan fingerprint density at radius 3 is 2.59 bits per heavy atom. The van der Waals surface area contributed by atoms with Gasteiger partial charge in [0, 0.05) is 42.0 Å². The van der Waals surface area contributed by atoms with Gasteiger partial charge in [0.25, 0.3) is 5.91 Å². The number of aromatic nitrogens is 2. The maximum absolute atomic E-state index is 12.6. The topological polar surface area (TPSA) is 76.6 Å². The zero-order chi connectivity index (χ0) is 20.2. The Morgan fingerprint density at radius 2 is 1.90 bits per heavy atom. The fraction of sp³-hybridized carbons (Fsp3) is 0.286. The average molecular weight is 410 g/mol. The van der Waals surface area contributed by atoms with E-state index in [1.54, 1.807) is 37.8 Å². The number of hydrogen-bond donors (Lipinski definition) is 1. The van der Waals surface area contributed by atoms with Gasteiger partial charge in [-0.25, -0.2) is 9.97 Å². The molecule has 0 bridgehead atoms. The average Bonchev–Trinajstić information content (AvgIpc) is 3.46. The molecule has 1 amide bonds. The molecule has 1 aromatic carbocycles. The Kier molecular flexibility index (Phi) is 5.62. The summed E-state index contributed by atoms with van der Waals surface area (Å²) in [6.45, 7) is 2.12. The summed E-state index contributed by atoms with van der Waals surface area (Å²) in [4.78, 5) is 23.9. The highest BCUT2D eigenvalue weighted by molar-refractivity contribution is 7.13. The van der Waals surface area contributed by atoms with Crippen molar-refractivity contribution in [3.05, 3.63) is 47.6 Å². The van der Waals surface area contributed by atoms with E-state index in [9.17, 15) is 4.79 Å². The van der Waals surface area contributed by atoms with Gasteiger partial charge in [-0.3, -0.25) is 4.79 Å². The Hall–Kier alpha value is -3.13. The molecule has 0 radical (unpaired) electrons. The van der Waals surface area contributed by atoms with Gasteiger partial charge in [-0.05, 0) is 37.1 Å². The van der Waals surface area contributed by atoms with E-state index >= 15 is 0 Å². The minimum absolute atomic E-state index is 0.277. The van der Waals surface area contributed by atoms with Gasteiger partial charge in [-0.1, -0.05) is 0 Å². The van der Waals surface area contributed by atoms with Crippen LogP contribution in [0.4, 0.5) is 11.5 Å². The number of hydrogen-bond acceptors (Lipinski definition) is 7. The monoisotopic (exact) mass is 410 g/mol. The minimum atomic E-state index is -0.277. The number of carbonyl (C=O) groups excluding carboxylic acids is 1. The Bertz CT molecular complexity index is 997. The molecule has 1 saturated heterocycles. The Morgan fingerprint density at radius 1 is 1.10 bits per heavy atom. The molecule has 1 aliphatic heterocycles. The first-order valence-electron chi connectivity index (χ1n) is 9.38. The van der Waals surface area contributed by atoms with Crippen LogP contribution in [0.5, 0.6) is 11.5 Å². The van der Waals surface area contributed by atoms with Crippen molar-refractivity contribution in [2.75, 3.05) is 37.5 Å². The maximum Gasteiger partial charge on any atom is 0.275 e. The summed E-state index contributed by atoms with van der Waals surface area (Å²) >= 11 is 1.42. The van der Waals surface area contributed by atoms with Gasteiger partial charge in [-0.15, -0.1) is 11.3 Å². The summed E-state index contributed by atoms with van der Waals surface area (Å²) in [5.41, 5.74) is 1.88. The molecule has 0 atom stereocenters. The van der Waals surface area contributed by atoms with Crippen LogP contribution in [0.25, 0.3) is 10.6 Å². The minimum Gasteiger partial charge on any atom is -0.493 e. The molecule has 4 rings (SSSR count). The molecule has 8 heteroatoms. The summed E-state index contributed by atoms with van der Waals surface area (Å²) in [5, 5.41) is 5.36. The third-order valence-corrected chi connectivity index (χ3v) is 5.69. The number of ether oxygens (including phenoxy) is 2. The van der Waals surface area contributed by atoms with Crippen LogP contribution in [-0.4, -0.2) is 43.2 Å². The zero-order valence-corrected chi connectivity index (χ0v) is 17.2. The molecule has 0 spiro atoms. The molecule has 1 aliphatic rings. The highest BCUT2D eigenvalue weighted by Crippen LogP contribution is 2.30. The van der Waals surface area contributed by atoms with E-state index in [1.807, 2.05) is 18.3 Å². The first-order valence-corrected chi connectivity index (χ1v) is 10.3. The quantitative estimate of drug-likeness (QED) is 0.660. The van der Waals surface area contributed by atoms with Crippen LogP contribution in [0.15, 0.2) is 41.9 Å². The molecular weight excluding hydrogens is 388 g/mol. The molecular formula is C21H22N4O3S. The lowest BCUT2D eigenvalue weighted by Gasteiger charge is -2.15. The molecule has 3 aromatic rings. The number of nitrogens with one attached hydrogen (secondary N) is 1.